The van der Waals surface area contributed by atoms with Crippen LogP contribution in [0.1, 0.15) is 37.5 Å². The van der Waals surface area contributed by atoms with E-state index in [2.05, 4.69) is 4.72 Å². The summed E-state index contributed by atoms with van der Waals surface area (Å²) in [7, 11) is -2.17. The number of aryl methyl sites for hydroxylation is 2. The van der Waals surface area contributed by atoms with E-state index in [4.69, 9.17) is 4.74 Å². The Labute approximate surface area is 172 Å². The van der Waals surface area contributed by atoms with E-state index in [1.807, 2.05) is 46.8 Å². The first kappa shape index (κ1) is 21.2. The van der Waals surface area contributed by atoms with E-state index in [9.17, 15) is 13.2 Å². The normalized spacial score (nSPS) is 13.9. The third-order valence-electron chi connectivity index (χ3n) is 5.06. The molecule has 1 heterocycles. The van der Waals surface area contributed by atoms with Crippen LogP contribution in [-0.4, -0.2) is 28.0 Å². The molecule has 0 atom stereocenters. The van der Waals surface area contributed by atoms with Crippen molar-refractivity contribution in [2.75, 3.05) is 23.3 Å². The molecule has 7 heteroatoms. The zero-order valence-electron chi connectivity index (χ0n) is 17.8. The summed E-state index contributed by atoms with van der Waals surface area (Å²) in [5, 5.41) is 0. The lowest BCUT2D eigenvalue weighted by molar-refractivity contribution is -0.125. The van der Waals surface area contributed by atoms with Gasteiger partial charge in [-0.3, -0.25) is 9.52 Å². The number of rotatable bonds is 4. The number of fused-ring (bicyclic) bond motifs is 1. The van der Waals surface area contributed by atoms with E-state index in [-0.39, 0.29) is 10.8 Å². The largest absolute Gasteiger partial charge is 0.496 e. The van der Waals surface area contributed by atoms with Crippen LogP contribution in [0.2, 0.25) is 0 Å². The van der Waals surface area contributed by atoms with E-state index in [1.54, 1.807) is 30.2 Å². The number of ether oxygens (including phenoxy) is 1. The topological polar surface area (TPSA) is 75.7 Å². The van der Waals surface area contributed by atoms with Crippen molar-refractivity contribution in [3.05, 3.63) is 47.0 Å². The molecule has 0 fully saturated rings. The minimum absolute atomic E-state index is 0.0637. The molecule has 6 nitrogen and oxygen atoms in total. The molecular weight excluding hydrogens is 388 g/mol. The Morgan fingerprint density at radius 3 is 2.28 bits per heavy atom. The Hall–Kier alpha value is -2.54. The van der Waals surface area contributed by atoms with E-state index >= 15 is 0 Å². The first-order valence-corrected chi connectivity index (χ1v) is 11.1. The quantitative estimate of drug-likeness (QED) is 0.816. The average Bonchev–Trinajstić information content (AvgIpc) is 3.02. The molecule has 0 saturated carbocycles. The number of sulfonamides is 1. The summed E-state index contributed by atoms with van der Waals surface area (Å²) in [5.74, 6) is 0.749. The number of benzene rings is 2. The second-order valence-corrected chi connectivity index (χ2v) is 10.2. The van der Waals surface area contributed by atoms with Crippen molar-refractivity contribution in [1.29, 1.82) is 0 Å². The molecule has 0 spiro atoms. The molecule has 156 valence electrons. The van der Waals surface area contributed by atoms with Gasteiger partial charge in [0.1, 0.15) is 5.75 Å². The molecule has 2 aromatic carbocycles. The smallest absolute Gasteiger partial charge is 0.261 e. The van der Waals surface area contributed by atoms with Crippen LogP contribution in [0.15, 0.2) is 35.2 Å². The highest BCUT2D eigenvalue weighted by molar-refractivity contribution is 7.92. The Bertz CT molecular complexity index is 1050. The Morgan fingerprint density at radius 1 is 1.10 bits per heavy atom. The van der Waals surface area contributed by atoms with E-state index in [1.165, 1.54) is 0 Å². The highest BCUT2D eigenvalue weighted by Gasteiger charge is 2.32. The van der Waals surface area contributed by atoms with Crippen molar-refractivity contribution in [3.63, 3.8) is 0 Å². The fourth-order valence-electron chi connectivity index (χ4n) is 3.68. The third kappa shape index (κ3) is 4.10. The van der Waals surface area contributed by atoms with E-state index < -0.39 is 15.4 Å². The number of methoxy groups -OCH3 is 1. The second-order valence-electron chi connectivity index (χ2n) is 8.50. The zero-order chi connectivity index (χ0) is 21.6. The number of hydrogen-bond donors (Lipinski definition) is 1. The lowest BCUT2D eigenvalue weighted by atomic mass is 9.94. The predicted octanol–water partition coefficient (Wildman–Crippen LogP) is 4.05. The molecule has 3 rings (SSSR count). The van der Waals surface area contributed by atoms with Gasteiger partial charge in [0, 0.05) is 23.3 Å². The zero-order valence-corrected chi connectivity index (χ0v) is 18.6. The average molecular weight is 417 g/mol. The van der Waals surface area contributed by atoms with Gasteiger partial charge in [-0.1, -0.05) is 20.8 Å². The molecule has 29 heavy (non-hydrogen) atoms. The SMILES string of the molecule is COc1c(C)cc(S(=O)(=O)Nc2ccc3c(c2)CCN3C(=O)C(C)(C)C)cc1C. The predicted molar refractivity (Wildman–Crippen MR) is 115 cm³/mol. The molecule has 0 saturated heterocycles. The number of nitrogens with one attached hydrogen (secondary N) is 1. The number of carbonyl (C=O) groups is 1. The first-order valence-electron chi connectivity index (χ1n) is 9.57. The Balaban J connectivity index is 1.88. The van der Waals surface area contributed by atoms with Crippen LogP contribution in [0.25, 0.3) is 0 Å². The molecule has 0 unspecified atom stereocenters. The standard InChI is InChI=1S/C22H28N2O4S/c1-14-11-18(12-15(2)20(14)28-6)29(26,27)23-17-7-8-19-16(13-17)9-10-24(19)21(25)22(3,4)5/h7-8,11-13,23H,9-10H2,1-6H3. The maximum absolute atomic E-state index is 12.9. The second kappa shape index (κ2) is 7.37. The van der Waals surface area contributed by atoms with Crippen molar-refractivity contribution in [1.82, 2.24) is 0 Å². The van der Waals surface area contributed by atoms with Gasteiger partial charge in [-0.05, 0) is 67.3 Å². The van der Waals surface area contributed by atoms with Crippen LogP contribution in [0, 0.1) is 19.3 Å². The van der Waals surface area contributed by atoms with Crippen LogP contribution in [0.3, 0.4) is 0 Å². The van der Waals surface area contributed by atoms with Crippen LogP contribution >= 0.6 is 0 Å². The van der Waals surface area contributed by atoms with Crippen molar-refractivity contribution < 1.29 is 17.9 Å². The van der Waals surface area contributed by atoms with Gasteiger partial charge in [-0.2, -0.15) is 0 Å². The molecule has 1 aliphatic rings. The summed E-state index contributed by atoms with van der Waals surface area (Å²) in [5.41, 5.74) is 3.36. The number of nitrogens with zero attached hydrogens (tertiary/aromatic N) is 1. The number of hydrogen-bond acceptors (Lipinski definition) is 4. The molecule has 0 radical (unpaired) electrons. The fraction of sp³-hybridized carbons (Fsp3) is 0.409. The Morgan fingerprint density at radius 2 is 1.72 bits per heavy atom. The van der Waals surface area contributed by atoms with Gasteiger partial charge in [-0.25, -0.2) is 8.42 Å². The van der Waals surface area contributed by atoms with E-state index in [0.717, 1.165) is 22.4 Å². The maximum Gasteiger partial charge on any atom is 0.261 e. The van der Waals surface area contributed by atoms with Gasteiger partial charge in [0.15, 0.2) is 0 Å². The summed E-state index contributed by atoms with van der Waals surface area (Å²) >= 11 is 0. The number of anilines is 2. The van der Waals surface area contributed by atoms with Gasteiger partial charge >= 0.3 is 0 Å². The van der Waals surface area contributed by atoms with Crippen LogP contribution < -0.4 is 14.4 Å². The summed E-state index contributed by atoms with van der Waals surface area (Å²) < 4.78 is 33.8. The molecule has 1 amide bonds. The summed E-state index contributed by atoms with van der Waals surface area (Å²) in [6.45, 7) is 9.94. The summed E-state index contributed by atoms with van der Waals surface area (Å²) in [6, 6.07) is 8.53. The Kier molecular flexibility index (Phi) is 5.38. The van der Waals surface area contributed by atoms with Gasteiger partial charge in [0.2, 0.25) is 5.91 Å². The minimum Gasteiger partial charge on any atom is -0.496 e. The highest BCUT2D eigenvalue weighted by Crippen LogP contribution is 2.34. The lowest BCUT2D eigenvalue weighted by Crippen LogP contribution is -2.38. The third-order valence-corrected chi connectivity index (χ3v) is 6.42. The van der Waals surface area contributed by atoms with Gasteiger partial charge < -0.3 is 9.64 Å². The van der Waals surface area contributed by atoms with Gasteiger partial charge in [0.05, 0.1) is 12.0 Å². The molecule has 0 aliphatic carbocycles. The van der Waals surface area contributed by atoms with Gasteiger partial charge in [0.25, 0.3) is 10.0 Å². The van der Waals surface area contributed by atoms with Crippen LogP contribution in [-0.2, 0) is 21.2 Å². The first-order chi connectivity index (χ1) is 13.4. The molecular formula is C22H28N2O4S. The summed E-state index contributed by atoms with van der Waals surface area (Å²) in [6.07, 6.45) is 0.702. The molecule has 1 aliphatic heterocycles. The lowest BCUT2D eigenvalue weighted by Gasteiger charge is -2.26. The number of carbonyl (C=O) groups excluding carboxylic acids is 1. The van der Waals surface area contributed by atoms with Gasteiger partial charge in [-0.15, -0.1) is 0 Å². The maximum atomic E-state index is 12.9. The van der Waals surface area contributed by atoms with E-state index in [0.29, 0.717) is 24.4 Å². The monoisotopic (exact) mass is 416 g/mol. The minimum atomic E-state index is -3.74. The molecule has 0 aromatic heterocycles. The summed E-state index contributed by atoms with van der Waals surface area (Å²) in [4.78, 5) is 14.6. The molecule has 1 N–H and O–H groups in total. The van der Waals surface area contributed by atoms with Crippen molar-refractivity contribution in [2.45, 2.75) is 45.9 Å². The fourth-order valence-corrected chi connectivity index (χ4v) is 4.90. The molecule has 0 bridgehead atoms. The van der Waals surface area contributed by atoms with Crippen molar-refractivity contribution in [2.24, 2.45) is 5.41 Å². The molecule has 2 aromatic rings. The number of amides is 1. The van der Waals surface area contributed by atoms with Crippen molar-refractivity contribution >= 4 is 27.3 Å². The van der Waals surface area contributed by atoms with Crippen LogP contribution in [0.4, 0.5) is 11.4 Å². The van der Waals surface area contributed by atoms with Crippen molar-refractivity contribution in [3.8, 4) is 5.75 Å². The highest BCUT2D eigenvalue weighted by atomic mass is 32.2. The van der Waals surface area contributed by atoms with Crippen LogP contribution in [0.5, 0.6) is 5.75 Å².